The first-order valence-electron chi connectivity index (χ1n) is 5.64. The van der Waals surface area contributed by atoms with Crippen molar-refractivity contribution in [2.75, 3.05) is 26.2 Å². The molecular weight excluding hydrogens is 176 g/mol. The zero-order valence-corrected chi connectivity index (χ0v) is 9.75. The maximum absolute atomic E-state index is 5.99. The van der Waals surface area contributed by atoms with Gasteiger partial charge in [-0.1, -0.05) is 0 Å². The first-order chi connectivity index (χ1) is 6.51. The minimum atomic E-state index is -0.0710. The van der Waals surface area contributed by atoms with Crippen molar-refractivity contribution < 1.29 is 4.74 Å². The predicted molar refractivity (Wildman–Crippen MR) is 59.4 cm³/mol. The molecule has 0 bridgehead atoms. The molecule has 1 fully saturated rings. The lowest BCUT2D eigenvalue weighted by atomic mass is 10.0. The molecule has 1 aliphatic heterocycles. The van der Waals surface area contributed by atoms with Crippen molar-refractivity contribution in [1.29, 1.82) is 0 Å². The Kier molecular flexibility index (Phi) is 4.35. The van der Waals surface area contributed by atoms with Gasteiger partial charge in [-0.15, -0.1) is 0 Å². The second kappa shape index (κ2) is 5.10. The summed E-state index contributed by atoms with van der Waals surface area (Å²) in [6, 6.07) is 0. The van der Waals surface area contributed by atoms with E-state index in [1.807, 2.05) is 0 Å². The van der Waals surface area contributed by atoms with Gasteiger partial charge in [0.25, 0.3) is 0 Å². The van der Waals surface area contributed by atoms with E-state index in [9.17, 15) is 0 Å². The molecule has 0 atom stereocenters. The van der Waals surface area contributed by atoms with Gasteiger partial charge >= 0.3 is 0 Å². The fourth-order valence-corrected chi connectivity index (χ4v) is 2.05. The average molecular weight is 200 g/mol. The summed E-state index contributed by atoms with van der Waals surface area (Å²) in [6.07, 6.45) is 2.80. The number of nitrogens with zero attached hydrogens (tertiary/aromatic N) is 1. The smallest absolute Gasteiger partial charge is 0.0599 e. The van der Waals surface area contributed by atoms with Gasteiger partial charge in [-0.05, 0) is 33.6 Å². The van der Waals surface area contributed by atoms with E-state index in [1.54, 1.807) is 0 Å². The van der Waals surface area contributed by atoms with Crippen molar-refractivity contribution in [2.24, 2.45) is 5.73 Å². The van der Waals surface area contributed by atoms with E-state index in [4.69, 9.17) is 10.5 Å². The summed E-state index contributed by atoms with van der Waals surface area (Å²) in [6.45, 7) is 10.3. The maximum atomic E-state index is 5.99. The molecule has 1 saturated heterocycles. The van der Waals surface area contributed by atoms with E-state index >= 15 is 0 Å². The molecule has 1 aliphatic rings. The Hall–Kier alpha value is -0.120. The normalized spacial score (nSPS) is 21.4. The van der Waals surface area contributed by atoms with Gasteiger partial charge in [0.05, 0.1) is 6.10 Å². The van der Waals surface area contributed by atoms with E-state index in [1.165, 1.54) is 0 Å². The highest BCUT2D eigenvalue weighted by Crippen LogP contribution is 2.15. The van der Waals surface area contributed by atoms with Crippen LogP contribution in [0.1, 0.15) is 33.6 Å². The predicted octanol–water partition coefficient (Wildman–Crippen LogP) is 1.22. The highest BCUT2D eigenvalue weighted by atomic mass is 16.5. The Balaban J connectivity index is 2.22. The van der Waals surface area contributed by atoms with Crippen LogP contribution in [-0.2, 0) is 4.74 Å². The molecule has 0 aromatic heterocycles. The maximum Gasteiger partial charge on any atom is 0.0599 e. The minimum absolute atomic E-state index is 0.0710. The third-order valence-electron chi connectivity index (χ3n) is 2.57. The molecule has 0 aromatic rings. The van der Waals surface area contributed by atoms with Gasteiger partial charge in [0.2, 0.25) is 0 Å². The van der Waals surface area contributed by atoms with Crippen molar-refractivity contribution in [1.82, 2.24) is 4.90 Å². The monoisotopic (exact) mass is 200 g/mol. The molecule has 0 saturated carbocycles. The molecule has 1 rings (SSSR count). The van der Waals surface area contributed by atoms with Crippen LogP contribution in [-0.4, -0.2) is 42.8 Å². The zero-order chi connectivity index (χ0) is 10.6. The largest absolute Gasteiger partial charge is 0.378 e. The summed E-state index contributed by atoms with van der Waals surface area (Å²) in [5.41, 5.74) is 5.92. The molecule has 3 heteroatoms. The van der Waals surface area contributed by atoms with Crippen molar-refractivity contribution in [3.63, 3.8) is 0 Å². The van der Waals surface area contributed by atoms with Crippen LogP contribution >= 0.6 is 0 Å². The third-order valence-corrected chi connectivity index (χ3v) is 2.57. The molecular formula is C11H24N2O. The number of likely N-dealkylation sites (tertiary alicyclic amines) is 1. The van der Waals surface area contributed by atoms with Crippen LogP contribution < -0.4 is 5.73 Å². The summed E-state index contributed by atoms with van der Waals surface area (Å²) < 4.78 is 5.60. The zero-order valence-electron chi connectivity index (χ0n) is 9.75. The summed E-state index contributed by atoms with van der Waals surface area (Å²) in [4.78, 5) is 2.44. The second-order valence-electron chi connectivity index (χ2n) is 4.92. The standard InChI is InChI=1S/C11H24N2O/c1-4-14-10-5-7-13(8-6-10)9-11(2,3)12/h10H,4-9,12H2,1-3H3. The molecule has 1 heterocycles. The van der Waals surface area contributed by atoms with Crippen molar-refractivity contribution in [3.05, 3.63) is 0 Å². The first kappa shape index (κ1) is 12.0. The van der Waals surface area contributed by atoms with Crippen molar-refractivity contribution in [3.8, 4) is 0 Å². The Morgan fingerprint density at radius 2 is 1.93 bits per heavy atom. The molecule has 2 N–H and O–H groups in total. The van der Waals surface area contributed by atoms with E-state index in [2.05, 4.69) is 25.7 Å². The highest BCUT2D eigenvalue weighted by Gasteiger charge is 2.22. The number of ether oxygens (including phenoxy) is 1. The molecule has 0 aliphatic carbocycles. The molecule has 0 radical (unpaired) electrons. The lowest BCUT2D eigenvalue weighted by Crippen LogP contribution is -2.48. The number of piperidine rings is 1. The van der Waals surface area contributed by atoms with Gasteiger partial charge in [-0.2, -0.15) is 0 Å². The minimum Gasteiger partial charge on any atom is -0.378 e. The third kappa shape index (κ3) is 4.40. The van der Waals surface area contributed by atoms with E-state index in [0.717, 1.165) is 39.1 Å². The van der Waals surface area contributed by atoms with Crippen LogP contribution in [0, 0.1) is 0 Å². The fourth-order valence-electron chi connectivity index (χ4n) is 2.05. The lowest BCUT2D eigenvalue weighted by molar-refractivity contribution is 0.0108. The van der Waals surface area contributed by atoms with Gasteiger partial charge in [0.1, 0.15) is 0 Å². The Bertz CT molecular complexity index is 157. The van der Waals surface area contributed by atoms with Gasteiger partial charge < -0.3 is 15.4 Å². The molecule has 0 aromatic carbocycles. The summed E-state index contributed by atoms with van der Waals surface area (Å²) in [5, 5.41) is 0. The summed E-state index contributed by atoms with van der Waals surface area (Å²) >= 11 is 0. The topological polar surface area (TPSA) is 38.5 Å². The first-order valence-corrected chi connectivity index (χ1v) is 5.64. The number of nitrogens with two attached hydrogens (primary N) is 1. The van der Waals surface area contributed by atoms with Crippen LogP contribution in [0.4, 0.5) is 0 Å². The molecule has 0 spiro atoms. The van der Waals surface area contributed by atoms with Gasteiger partial charge in [-0.25, -0.2) is 0 Å². The molecule has 14 heavy (non-hydrogen) atoms. The van der Waals surface area contributed by atoms with E-state index in [0.29, 0.717) is 6.10 Å². The average Bonchev–Trinajstić information content (AvgIpc) is 2.06. The van der Waals surface area contributed by atoms with Crippen LogP contribution in [0.3, 0.4) is 0 Å². The van der Waals surface area contributed by atoms with Gasteiger partial charge in [-0.3, -0.25) is 0 Å². The number of rotatable bonds is 4. The molecule has 3 nitrogen and oxygen atoms in total. The lowest BCUT2D eigenvalue weighted by Gasteiger charge is -2.35. The summed E-state index contributed by atoms with van der Waals surface area (Å²) in [7, 11) is 0. The van der Waals surface area contributed by atoms with Crippen LogP contribution in [0.5, 0.6) is 0 Å². The van der Waals surface area contributed by atoms with Crippen LogP contribution in [0.15, 0.2) is 0 Å². The van der Waals surface area contributed by atoms with Crippen molar-refractivity contribution >= 4 is 0 Å². The molecule has 84 valence electrons. The van der Waals surface area contributed by atoms with Crippen molar-refractivity contribution in [2.45, 2.75) is 45.3 Å². The Labute approximate surface area is 87.6 Å². The number of hydrogen-bond acceptors (Lipinski definition) is 3. The Morgan fingerprint density at radius 3 is 2.36 bits per heavy atom. The number of hydrogen-bond donors (Lipinski definition) is 1. The molecule has 0 unspecified atom stereocenters. The van der Waals surface area contributed by atoms with E-state index < -0.39 is 0 Å². The van der Waals surface area contributed by atoms with Crippen LogP contribution in [0.2, 0.25) is 0 Å². The van der Waals surface area contributed by atoms with Gasteiger partial charge in [0, 0.05) is 31.8 Å². The van der Waals surface area contributed by atoms with Crippen LogP contribution in [0.25, 0.3) is 0 Å². The van der Waals surface area contributed by atoms with E-state index in [-0.39, 0.29) is 5.54 Å². The fraction of sp³-hybridized carbons (Fsp3) is 1.00. The highest BCUT2D eigenvalue weighted by molar-refractivity contribution is 4.81. The molecule has 0 amide bonds. The SMILES string of the molecule is CCOC1CCN(CC(C)(C)N)CC1. The van der Waals surface area contributed by atoms with Gasteiger partial charge in [0.15, 0.2) is 0 Å². The summed E-state index contributed by atoms with van der Waals surface area (Å²) in [5.74, 6) is 0. The quantitative estimate of drug-likeness (QED) is 0.741. The Morgan fingerprint density at radius 1 is 1.36 bits per heavy atom. The second-order valence-corrected chi connectivity index (χ2v) is 4.92.